The number of carbonyl (C=O) groups excluding carboxylic acids is 1. The quantitative estimate of drug-likeness (QED) is 0.718. The zero-order chi connectivity index (χ0) is 11.7. The van der Waals surface area contributed by atoms with Gasteiger partial charge in [0.05, 0.1) is 0 Å². The summed E-state index contributed by atoms with van der Waals surface area (Å²) in [6.45, 7) is 0.953. The molecule has 1 aromatic carbocycles. The smallest absolute Gasteiger partial charge is 0.292 e. The molecule has 2 aromatic rings. The monoisotopic (exact) mass is 229 g/mol. The molecular weight excluding hydrogens is 218 g/mol. The van der Waals surface area contributed by atoms with E-state index < -0.39 is 0 Å². The summed E-state index contributed by atoms with van der Waals surface area (Å²) in [6.07, 6.45) is 2.29. The van der Waals surface area contributed by atoms with Crippen molar-refractivity contribution in [1.82, 2.24) is 15.2 Å². The van der Waals surface area contributed by atoms with Crippen LogP contribution in [0.4, 0.5) is 11.4 Å². The molecule has 1 aliphatic rings. The molecular formula is C11H11N5O. The van der Waals surface area contributed by atoms with Crippen LogP contribution >= 0.6 is 0 Å². The number of benzene rings is 1. The number of H-pyrrole nitrogens is 1. The molecule has 0 spiro atoms. The Balaban J connectivity index is 1.80. The topological polar surface area (TPSA) is 82.7 Å². The number of fused-ring (bicyclic) bond motifs is 1. The number of amides is 1. The van der Waals surface area contributed by atoms with E-state index in [1.807, 2.05) is 18.2 Å². The molecule has 17 heavy (non-hydrogen) atoms. The van der Waals surface area contributed by atoms with E-state index in [1.165, 1.54) is 11.9 Å². The van der Waals surface area contributed by atoms with Gasteiger partial charge in [0.1, 0.15) is 6.33 Å². The first-order valence-electron chi connectivity index (χ1n) is 5.36. The molecule has 0 aliphatic carbocycles. The summed E-state index contributed by atoms with van der Waals surface area (Å²) in [5.74, 6) is -0.0722. The van der Waals surface area contributed by atoms with Crippen LogP contribution in [-0.4, -0.2) is 27.6 Å². The third kappa shape index (κ3) is 1.84. The molecule has 0 atom stereocenters. The second-order valence-electron chi connectivity index (χ2n) is 3.84. The maximum absolute atomic E-state index is 11.7. The van der Waals surface area contributed by atoms with Crippen molar-refractivity contribution in [2.45, 2.75) is 6.42 Å². The van der Waals surface area contributed by atoms with Crippen molar-refractivity contribution in [1.29, 1.82) is 0 Å². The minimum atomic E-state index is -0.284. The van der Waals surface area contributed by atoms with Gasteiger partial charge in [-0.05, 0) is 30.2 Å². The molecule has 0 saturated carbocycles. The van der Waals surface area contributed by atoms with Crippen LogP contribution in [0.1, 0.15) is 16.2 Å². The molecule has 6 nitrogen and oxygen atoms in total. The Morgan fingerprint density at radius 3 is 3.18 bits per heavy atom. The molecule has 86 valence electrons. The fraction of sp³-hybridized carbons (Fsp3) is 0.182. The lowest BCUT2D eigenvalue weighted by Crippen LogP contribution is -2.13. The highest BCUT2D eigenvalue weighted by atomic mass is 16.2. The number of rotatable bonds is 2. The Bertz CT molecular complexity index is 549. The number of hydrogen-bond donors (Lipinski definition) is 3. The number of nitrogens with zero attached hydrogens (tertiary/aromatic N) is 2. The van der Waals surface area contributed by atoms with Crippen LogP contribution in [0.25, 0.3) is 0 Å². The molecule has 0 radical (unpaired) electrons. The van der Waals surface area contributed by atoms with Gasteiger partial charge < -0.3 is 10.6 Å². The van der Waals surface area contributed by atoms with Gasteiger partial charge >= 0.3 is 0 Å². The van der Waals surface area contributed by atoms with E-state index in [2.05, 4.69) is 25.8 Å². The summed E-state index contributed by atoms with van der Waals surface area (Å²) in [6, 6.07) is 5.81. The first-order valence-corrected chi connectivity index (χ1v) is 5.36. The van der Waals surface area contributed by atoms with Crippen LogP contribution in [0.2, 0.25) is 0 Å². The van der Waals surface area contributed by atoms with Crippen LogP contribution in [-0.2, 0) is 6.42 Å². The van der Waals surface area contributed by atoms with Crippen molar-refractivity contribution in [3.8, 4) is 0 Å². The first kappa shape index (κ1) is 9.83. The van der Waals surface area contributed by atoms with Crippen molar-refractivity contribution < 1.29 is 4.79 Å². The Labute approximate surface area is 97.5 Å². The van der Waals surface area contributed by atoms with Crippen molar-refractivity contribution in [2.75, 3.05) is 17.2 Å². The zero-order valence-corrected chi connectivity index (χ0v) is 9.03. The van der Waals surface area contributed by atoms with Crippen molar-refractivity contribution >= 4 is 17.3 Å². The fourth-order valence-electron chi connectivity index (χ4n) is 1.89. The average molecular weight is 229 g/mol. The van der Waals surface area contributed by atoms with Gasteiger partial charge in [-0.3, -0.25) is 9.89 Å². The van der Waals surface area contributed by atoms with E-state index in [0.29, 0.717) is 0 Å². The van der Waals surface area contributed by atoms with Crippen LogP contribution < -0.4 is 10.6 Å². The van der Waals surface area contributed by atoms with Gasteiger partial charge in [0.15, 0.2) is 0 Å². The van der Waals surface area contributed by atoms with Crippen LogP contribution in [0.15, 0.2) is 24.5 Å². The van der Waals surface area contributed by atoms with Crippen LogP contribution in [0.5, 0.6) is 0 Å². The average Bonchev–Trinajstić information content (AvgIpc) is 2.99. The number of aromatic nitrogens is 3. The molecule has 1 aliphatic heterocycles. The van der Waals surface area contributed by atoms with Crippen LogP contribution in [0, 0.1) is 0 Å². The minimum absolute atomic E-state index is 0.212. The maximum atomic E-state index is 11.7. The molecule has 1 aromatic heterocycles. The van der Waals surface area contributed by atoms with E-state index >= 15 is 0 Å². The van der Waals surface area contributed by atoms with Gasteiger partial charge in [-0.2, -0.15) is 5.10 Å². The molecule has 1 amide bonds. The minimum Gasteiger partial charge on any atom is -0.384 e. The highest BCUT2D eigenvalue weighted by Crippen LogP contribution is 2.25. The summed E-state index contributed by atoms with van der Waals surface area (Å²) >= 11 is 0. The Morgan fingerprint density at radius 2 is 2.35 bits per heavy atom. The first-order chi connectivity index (χ1) is 8.33. The summed E-state index contributed by atoms with van der Waals surface area (Å²) in [5, 5.41) is 12.2. The predicted molar refractivity (Wildman–Crippen MR) is 63.0 cm³/mol. The number of aromatic amines is 1. The van der Waals surface area contributed by atoms with E-state index in [4.69, 9.17) is 0 Å². The predicted octanol–water partition coefficient (Wildman–Crippen LogP) is 1.02. The largest absolute Gasteiger partial charge is 0.384 e. The lowest BCUT2D eigenvalue weighted by molar-refractivity contribution is 0.101. The number of anilines is 2. The highest BCUT2D eigenvalue weighted by Gasteiger charge is 2.12. The van der Waals surface area contributed by atoms with E-state index in [9.17, 15) is 4.79 Å². The molecule has 6 heteroatoms. The van der Waals surface area contributed by atoms with Crippen molar-refractivity contribution in [3.05, 3.63) is 35.9 Å². The van der Waals surface area contributed by atoms with Crippen molar-refractivity contribution in [2.24, 2.45) is 0 Å². The van der Waals surface area contributed by atoms with Crippen LogP contribution in [0.3, 0.4) is 0 Å². The summed E-state index contributed by atoms with van der Waals surface area (Å²) in [4.78, 5) is 15.5. The number of nitrogens with one attached hydrogen (secondary N) is 3. The molecule has 0 fully saturated rings. The summed E-state index contributed by atoms with van der Waals surface area (Å²) in [7, 11) is 0. The molecule has 3 rings (SSSR count). The zero-order valence-electron chi connectivity index (χ0n) is 9.03. The standard InChI is InChI=1S/C11H11N5O/c17-11(10-13-6-14-16-10)15-8-1-2-9-7(5-8)3-4-12-9/h1-2,5-6,12H,3-4H2,(H,15,17)(H,13,14,16). The fourth-order valence-corrected chi connectivity index (χ4v) is 1.89. The lowest BCUT2D eigenvalue weighted by atomic mass is 10.1. The number of carbonyl (C=O) groups is 1. The third-order valence-electron chi connectivity index (χ3n) is 2.70. The lowest BCUT2D eigenvalue weighted by Gasteiger charge is -2.05. The summed E-state index contributed by atoms with van der Waals surface area (Å²) < 4.78 is 0. The van der Waals surface area contributed by atoms with Gasteiger partial charge in [0, 0.05) is 17.9 Å². The van der Waals surface area contributed by atoms with E-state index in [-0.39, 0.29) is 11.7 Å². The third-order valence-corrected chi connectivity index (χ3v) is 2.70. The second kappa shape index (κ2) is 3.89. The molecule has 0 unspecified atom stereocenters. The molecule has 2 heterocycles. The van der Waals surface area contributed by atoms with Gasteiger partial charge in [0.2, 0.25) is 5.82 Å². The van der Waals surface area contributed by atoms with E-state index in [0.717, 1.165) is 24.3 Å². The van der Waals surface area contributed by atoms with Crippen molar-refractivity contribution in [3.63, 3.8) is 0 Å². The molecule has 0 bridgehead atoms. The molecule has 0 saturated heterocycles. The van der Waals surface area contributed by atoms with Gasteiger partial charge in [-0.25, -0.2) is 4.98 Å². The summed E-state index contributed by atoms with van der Waals surface area (Å²) in [5.41, 5.74) is 3.14. The van der Waals surface area contributed by atoms with Gasteiger partial charge in [-0.15, -0.1) is 0 Å². The van der Waals surface area contributed by atoms with Gasteiger partial charge in [0.25, 0.3) is 5.91 Å². The molecule has 3 N–H and O–H groups in total. The highest BCUT2D eigenvalue weighted by molar-refractivity contribution is 6.01. The Morgan fingerprint density at radius 1 is 1.41 bits per heavy atom. The SMILES string of the molecule is O=C(Nc1ccc2c(c1)CCN2)c1ncn[nH]1. The normalized spacial score (nSPS) is 12.9. The van der Waals surface area contributed by atoms with E-state index in [1.54, 1.807) is 0 Å². The van der Waals surface area contributed by atoms with Gasteiger partial charge in [-0.1, -0.05) is 0 Å². The Hall–Kier alpha value is -2.37. The second-order valence-corrected chi connectivity index (χ2v) is 3.84. The Kier molecular flexibility index (Phi) is 2.25. The maximum Gasteiger partial charge on any atom is 0.292 e. The number of hydrogen-bond acceptors (Lipinski definition) is 4.